The molecule has 0 heterocycles. The van der Waals surface area contributed by atoms with Crippen LogP contribution < -0.4 is 4.72 Å². The van der Waals surface area contributed by atoms with Gasteiger partial charge in [0.2, 0.25) is 10.0 Å². The van der Waals surface area contributed by atoms with Crippen molar-refractivity contribution in [2.24, 2.45) is 0 Å². The summed E-state index contributed by atoms with van der Waals surface area (Å²) in [6.07, 6.45) is 0.448. The summed E-state index contributed by atoms with van der Waals surface area (Å²) in [5, 5.41) is 9.40. The zero-order valence-corrected chi connectivity index (χ0v) is 9.71. The monoisotopic (exact) mass is 239 g/mol. The smallest absolute Gasteiger partial charge is 0.244 e. The van der Waals surface area contributed by atoms with Crippen LogP contribution in [0.15, 0.2) is 29.2 Å². The summed E-state index contributed by atoms with van der Waals surface area (Å²) in [4.78, 5) is -0.112. The van der Waals surface area contributed by atoms with Crippen LogP contribution in [0.5, 0.6) is 5.75 Å². The minimum Gasteiger partial charge on any atom is -0.507 e. The second-order valence-corrected chi connectivity index (χ2v) is 4.78. The minimum absolute atomic E-state index is 0.112. The third-order valence-corrected chi connectivity index (χ3v) is 3.38. The second kappa shape index (κ2) is 5.54. The van der Waals surface area contributed by atoms with Crippen LogP contribution in [0, 0.1) is 11.8 Å². The quantitative estimate of drug-likeness (QED) is 0.610. The minimum atomic E-state index is -3.64. The van der Waals surface area contributed by atoms with Crippen molar-refractivity contribution in [2.75, 3.05) is 6.54 Å². The van der Waals surface area contributed by atoms with Crippen molar-refractivity contribution in [2.45, 2.75) is 18.2 Å². The van der Waals surface area contributed by atoms with Crippen molar-refractivity contribution < 1.29 is 13.5 Å². The number of phenolic OH excluding ortho intramolecular Hbond substituents is 1. The summed E-state index contributed by atoms with van der Waals surface area (Å²) in [5.41, 5.74) is 0. The van der Waals surface area contributed by atoms with Crippen molar-refractivity contribution in [3.63, 3.8) is 0 Å². The third-order valence-electron chi connectivity index (χ3n) is 1.87. The van der Waals surface area contributed by atoms with E-state index in [9.17, 15) is 13.5 Å². The number of aromatic hydroxyl groups is 1. The molecular weight excluding hydrogens is 226 g/mol. The lowest BCUT2D eigenvalue weighted by Crippen LogP contribution is -2.24. The average Bonchev–Trinajstić information content (AvgIpc) is 2.25. The standard InChI is InChI=1S/C11H13NO3S/c1-2-3-6-9-12-16(14,15)11-8-5-4-7-10(11)13/h4-5,7-8,12-13H,6,9H2,1H3. The van der Waals surface area contributed by atoms with Crippen LogP contribution in [0.3, 0.4) is 0 Å². The molecule has 0 saturated carbocycles. The molecule has 0 aliphatic carbocycles. The Morgan fingerprint density at radius 1 is 1.38 bits per heavy atom. The molecule has 0 saturated heterocycles. The summed E-state index contributed by atoms with van der Waals surface area (Å²) in [6, 6.07) is 5.81. The van der Waals surface area contributed by atoms with Gasteiger partial charge in [-0.3, -0.25) is 0 Å². The molecule has 1 aromatic carbocycles. The van der Waals surface area contributed by atoms with Gasteiger partial charge in [-0.05, 0) is 19.1 Å². The number of rotatable bonds is 4. The highest BCUT2D eigenvalue weighted by molar-refractivity contribution is 7.89. The van der Waals surface area contributed by atoms with Gasteiger partial charge in [0.05, 0.1) is 0 Å². The Morgan fingerprint density at radius 3 is 2.69 bits per heavy atom. The molecule has 86 valence electrons. The summed E-state index contributed by atoms with van der Waals surface area (Å²) in [5.74, 6) is 5.17. The molecule has 0 amide bonds. The first kappa shape index (κ1) is 12.6. The number of nitrogens with one attached hydrogen (secondary N) is 1. The number of sulfonamides is 1. The first-order valence-electron chi connectivity index (χ1n) is 4.75. The molecule has 16 heavy (non-hydrogen) atoms. The van der Waals surface area contributed by atoms with Crippen molar-refractivity contribution in [3.05, 3.63) is 24.3 Å². The van der Waals surface area contributed by atoms with Crippen LogP contribution in [0.25, 0.3) is 0 Å². The molecule has 1 aromatic rings. The van der Waals surface area contributed by atoms with Gasteiger partial charge in [-0.15, -0.1) is 11.8 Å². The molecule has 1 rings (SSSR count). The van der Waals surface area contributed by atoms with Crippen LogP contribution >= 0.6 is 0 Å². The Kier molecular flexibility index (Phi) is 4.35. The molecule has 0 spiro atoms. The van der Waals surface area contributed by atoms with E-state index in [0.29, 0.717) is 6.42 Å². The van der Waals surface area contributed by atoms with E-state index in [0.717, 1.165) is 0 Å². The maximum atomic E-state index is 11.7. The molecule has 0 radical (unpaired) electrons. The van der Waals surface area contributed by atoms with Crippen molar-refractivity contribution >= 4 is 10.0 Å². The van der Waals surface area contributed by atoms with Crippen LogP contribution in [-0.2, 0) is 10.0 Å². The second-order valence-electron chi connectivity index (χ2n) is 3.04. The van der Waals surface area contributed by atoms with E-state index in [1.54, 1.807) is 19.1 Å². The van der Waals surface area contributed by atoms with Gasteiger partial charge in [0.1, 0.15) is 10.6 Å². The Morgan fingerprint density at radius 2 is 2.06 bits per heavy atom. The molecule has 0 atom stereocenters. The maximum absolute atomic E-state index is 11.7. The van der Waals surface area contributed by atoms with Crippen molar-refractivity contribution in [3.8, 4) is 17.6 Å². The Balaban J connectivity index is 2.78. The Bertz CT molecular complexity index is 512. The van der Waals surface area contributed by atoms with Gasteiger partial charge >= 0.3 is 0 Å². The number of phenols is 1. The first-order chi connectivity index (χ1) is 7.58. The summed E-state index contributed by atoms with van der Waals surface area (Å²) in [6.45, 7) is 1.93. The van der Waals surface area contributed by atoms with Crippen LogP contribution in [0.4, 0.5) is 0 Å². The van der Waals surface area contributed by atoms with Crippen LogP contribution in [-0.4, -0.2) is 20.1 Å². The molecule has 0 aromatic heterocycles. The zero-order chi connectivity index (χ0) is 12.0. The maximum Gasteiger partial charge on any atom is 0.244 e. The molecule has 4 nitrogen and oxygen atoms in total. The molecule has 0 aliphatic heterocycles. The average molecular weight is 239 g/mol. The zero-order valence-electron chi connectivity index (χ0n) is 8.90. The summed E-state index contributed by atoms with van der Waals surface area (Å²) >= 11 is 0. The molecule has 5 heteroatoms. The van der Waals surface area contributed by atoms with E-state index in [2.05, 4.69) is 16.6 Å². The molecule has 2 N–H and O–H groups in total. The lowest BCUT2D eigenvalue weighted by atomic mass is 10.3. The fourth-order valence-corrected chi connectivity index (χ4v) is 2.26. The van der Waals surface area contributed by atoms with Gasteiger partial charge in [-0.2, -0.15) is 0 Å². The number of hydrogen-bond donors (Lipinski definition) is 2. The van der Waals surface area contributed by atoms with Crippen LogP contribution in [0.2, 0.25) is 0 Å². The number of para-hydroxylation sites is 1. The lowest BCUT2D eigenvalue weighted by molar-refractivity contribution is 0.458. The van der Waals surface area contributed by atoms with Crippen LogP contribution in [0.1, 0.15) is 13.3 Å². The molecule has 0 fully saturated rings. The predicted octanol–water partition coefficient (Wildman–Crippen LogP) is 1.08. The van der Waals surface area contributed by atoms with Crippen molar-refractivity contribution in [1.82, 2.24) is 4.72 Å². The van der Waals surface area contributed by atoms with Gasteiger partial charge < -0.3 is 5.11 Å². The molecular formula is C11H13NO3S. The Hall–Kier alpha value is -1.51. The fourth-order valence-electron chi connectivity index (χ4n) is 1.14. The molecule has 0 unspecified atom stereocenters. The predicted molar refractivity (Wildman–Crippen MR) is 61.4 cm³/mol. The highest BCUT2D eigenvalue weighted by Crippen LogP contribution is 2.20. The van der Waals surface area contributed by atoms with Crippen molar-refractivity contribution in [1.29, 1.82) is 0 Å². The van der Waals surface area contributed by atoms with E-state index < -0.39 is 10.0 Å². The van der Waals surface area contributed by atoms with Gasteiger partial charge in [0.15, 0.2) is 0 Å². The van der Waals surface area contributed by atoms with Gasteiger partial charge in [0.25, 0.3) is 0 Å². The highest BCUT2D eigenvalue weighted by atomic mass is 32.2. The summed E-state index contributed by atoms with van der Waals surface area (Å²) in [7, 11) is -3.64. The SMILES string of the molecule is CC#CCCNS(=O)(=O)c1ccccc1O. The third kappa shape index (κ3) is 3.26. The van der Waals surface area contributed by atoms with Gasteiger partial charge in [0, 0.05) is 13.0 Å². The Labute approximate surface area is 95.4 Å². The normalized spacial score (nSPS) is 10.6. The van der Waals surface area contributed by atoms with Gasteiger partial charge in [-0.1, -0.05) is 12.1 Å². The number of benzene rings is 1. The summed E-state index contributed by atoms with van der Waals surface area (Å²) < 4.78 is 25.8. The number of hydrogen-bond acceptors (Lipinski definition) is 3. The molecule has 0 bridgehead atoms. The van der Waals surface area contributed by atoms with E-state index in [-0.39, 0.29) is 17.2 Å². The van der Waals surface area contributed by atoms with Gasteiger partial charge in [-0.25, -0.2) is 13.1 Å². The van der Waals surface area contributed by atoms with E-state index in [1.165, 1.54) is 12.1 Å². The molecule has 0 aliphatic rings. The van der Waals surface area contributed by atoms with E-state index in [4.69, 9.17) is 0 Å². The topological polar surface area (TPSA) is 66.4 Å². The van der Waals surface area contributed by atoms with E-state index in [1.807, 2.05) is 0 Å². The highest BCUT2D eigenvalue weighted by Gasteiger charge is 2.16. The van der Waals surface area contributed by atoms with E-state index >= 15 is 0 Å². The first-order valence-corrected chi connectivity index (χ1v) is 6.23. The fraction of sp³-hybridized carbons (Fsp3) is 0.273. The lowest BCUT2D eigenvalue weighted by Gasteiger charge is -2.06. The largest absolute Gasteiger partial charge is 0.507 e.